The van der Waals surface area contributed by atoms with E-state index in [1.165, 1.54) is 14.0 Å². The van der Waals surface area contributed by atoms with Crippen molar-refractivity contribution in [3.05, 3.63) is 29.8 Å². The highest BCUT2D eigenvalue weighted by Crippen LogP contribution is 2.33. The van der Waals surface area contributed by atoms with Crippen LogP contribution in [0, 0.1) is 5.41 Å². The zero-order chi connectivity index (χ0) is 14.6. The van der Waals surface area contributed by atoms with Crippen LogP contribution in [-0.4, -0.2) is 19.0 Å². The Labute approximate surface area is 124 Å². The van der Waals surface area contributed by atoms with Gasteiger partial charge in [-0.05, 0) is 31.5 Å². The van der Waals surface area contributed by atoms with Gasteiger partial charge in [0.15, 0.2) is 0 Å². The molecular formula is C14H20ClNO4. The van der Waals surface area contributed by atoms with Crippen molar-refractivity contribution in [2.45, 2.75) is 26.8 Å². The fourth-order valence-electron chi connectivity index (χ4n) is 1.74. The number of hydrogen-bond acceptors (Lipinski definition) is 5. The first-order chi connectivity index (χ1) is 8.78. The van der Waals surface area contributed by atoms with Crippen LogP contribution < -0.4 is 10.5 Å². The molecule has 0 amide bonds. The highest BCUT2D eigenvalue weighted by Gasteiger charge is 2.36. The molecule has 0 unspecified atom stereocenters. The summed E-state index contributed by atoms with van der Waals surface area (Å²) in [5, 5.41) is 0. The van der Waals surface area contributed by atoms with Crippen molar-refractivity contribution in [2.75, 3.05) is 7.11 Å². The molecule has 0 heterocycles. The summed E-state index contributed by atoms with van der Waals surface area (Å²) >= 11 is 0. The standard InChI is InChI=1S/C14H19NO4.ClH/c1-9(16)19-11-7-5-6-10(8-11)12(15)14(2,3)13(17)18-4;/h5-8,12H,15H2,1-4H3;1H/t12-;/m0./s1. The van der Waals surface area contributed by atoms with Crippen molar-refractivity contribution in [3.8, 4) is 5.75 Å². The molecule has 5 nitrogen and oxygen atoms in total. The number of carbonyl (C=O) groups excluding carboxylic acids is 2. The molecule has 2 N–H and O–H groups in total. The van der Waals surface area contributed by atoms with E-state index >= 15 is 0 Å². The molecule has 112 valence electrons. The third-order valence-electron chi connectivity index (χ3n) is 2.97. The van der Waals surface area contributed by atoms with E-state index in [0.717, 1.165) is 0 Å². The van der Waals surface area contributed by atoms with Crippen molar-refractivity contribution in [1.82, 2.24) is 0 Å². The predicted octanol–water partition coefficient (Wildman–Crippen LogP) is 2.23. The molecule has 0 aliphatic rings. The third kappa shape index (κ3) is 4.21. The van der Waals surface area contributed by atoms with Crippen molar-refractivity contribution in [2.24, 2.45) is 11.1 Å². The second-order valence-electron chi connectivity index (χ2n) is 4.86. The molecule has 0 aliphatic carbocycles. The van der Waals surface area contributed by atoms with E-state index in [0.29, 0.717) is 11.3 Å². The molecule has 1 aromatic rings. The molecule has 0 bridgehead atoms. The Morgan fingerprint density at radius 3 is 2.40 bits per heavy atom. The van der Waals surface area contributed by atoms with Gasteiger partial charge >= 0.3 is 11.9 Å². The molecule has 0 aromatic heterocycles. The van der Waals surface area contributed by atoms with Gasteiger partial charge in [-0.1, -0.05) is 12.1 Å². The maximum absolute atomic E-state index is 11.7. The van der Waals surface area contributed by atoms with Crippen molar-refractivity contribution in [3.63, 3.8) is 0 Å². The Bertz CT molecular complexity index is 488. The van der Waals surface area contributed by atoms with Gasteiger partial charge in [0, 0.05) is 13.0 Å². The summed E-state index contributed by atoms with van der Waals surface area (Å²) in [5.74, 6) is -0.392. The molecule has 0 spiro atoms. The molecule has 0 fully saturated rings. The maximum Gasteiger partial charge on any atom is 0.313 e. The van der Waals surface area contributed by atoms with Gasteiger partial charge in [0.2, 0.25) is 0 Å². The van der Waals surface area contributed by atoms with E-state index in [2.05, 4.69) is 0 Å². The second-order valence-corrected chi connectivity index (χ2v) is 4.86. The first-order valence-corrected chi connectivity index (χ1v) is 5.91. The Morgan fingerprint density at radius 2 is 1.90 bits per heavy atom. The number of benzene rings is 1. The van der Waals surface area contributed by atoms with Crippen molar-refractivity contribution >= 4 is 24.3 Å². The molecular weight excluding hydrogens is 282 g/mol. The molecule has 1 atom stereocenters. The first-order valence-electron chi connectivity index (χ1n) is 5.91. The van der Waals surface area contributed by atoms with E-state index in [-0.39, 0.29) is 12.4 Å². The Balaban J connectivity index is 0.00000361. The zero-order valence-corrected chi connectivity index (χ0v) is 12.8. The fourth-order valence-corrected chi connectivity index (χ4v) is 1.74. The van der Waals surface area contributed by atoms with E-state index in [4.69, 9.17) is 15.2 Å². The van der Waals surface area contributed by atoms with Crippen LogP contribution in [0.15, 0.2) is 24.3 Å². The molecule has 0 saturated heterocycles. The van der Waals surface area contributed by atoms with Crippen molar-refractivity contribution in [1.29, 1.82) is 0 Å². The minimum Gasteiger partial charge on any atom is -0.469 e. The van der Waals surface area contributed by atoms with E-state index < -0.39 is 23.4 Å². The van der Waals surface area contributed by atoms with Crippen LogP contribution >= 0.6 is 12.4 Å². The lowest BCUT2D eigenvalue weighted by atomic mass is 9.81. The van der Waals surface area contributed by atoms with E-state index in [1.54, 1.807) is 38.1 Å². The maximum atomic E-state index is 11.7. The first kappa shape index (κ1) is 18.4. The summed E-state index contributed by atoms with van der Waals surface area (Å²) in [6.07, 6.45) is 0. The Kier molecular flexibility index (Phi) is 6.68. The number of ether oxygens (including phenoxy) is 2. The van der Waals surface area contributed by atoms with Gasteiger partial charge in [-0.25, -0.2) is 0 Å². The van der Waals surface area contributed by atoms with Gasteiger partial charge in [0.1, 0.15) is 5.75 Å². The summed E-state index contributed by atoms with van der Waals surface area (Å²) < 4.78 is 9.74. The van der Waals surface area contributed by atoms with Crippen molar-refractivity contribution < 1.29 is 19.1 Å². The number of rotatable bonds is 4. The van der Waals surface area contributed by atoms with Crippen LogP contribution in [0.1, 0.15) is 32.4 Å². The zero-order valence-electron chi connectivity index (χ0n) is 12.0. The van der Waals surface area contributed by atoms with Gasteiger partial charge in [0.05, 0.1) is 12.5 Å². The lowest BCUT2D eigenvalue weighted by Crippen LogP contribution is -2.37. The lowest BCUT2D eigenvalue weighted by Gasteiger charge is -2.29. The minimum atomic E-state index is -0.871. The Morgan fingerprint density at radius 1 is 1.30 bits per heavy atom. The summed E-state index contributed by atoms with van der Waals surface area (Å²) in [7, 11) is 1.33. The predicted molar refractivity (Wildman–Crippen MR) is 77.7 cm³/mol. The van der Waals surface area contributed by atoms with Gasteiger partial charge < -0.3 is 15.2 Å². The summed E-state index contributed by atoms with van der Waals surface area (Å²) in [6, 6.07) is 6.25. The summed E-state index contributed by atoms with van der Waals surface area (Å²) in [6.45, 7) is 4.75. The second kappa shape index (κ2) is 7.26. The van der Waals surface area contributed by atoms with Gasteiger partial charge in [-0.2, -0.15) is 0 Å². The van der Waals surface area contributed by atoms with E-state index in [1.807, 2.05) is 0 Å². The van der Waals surface area contributed by atoms with Gasteiger partial charge in [0.25, 0.3) is 0 Å². The molecule has 20 heavy (non-hydrogen) atoms. The summed E-state index contributed by atoms with van der Waals surface area (Å²) in [4.78, 5) is 22.6. The van der Waals surface area contributed by atoms with Crippen LogP contribution in [0.4, 0.5) is 0 Å². The van der Waals surface area contributed by atoms with Crippen LogP contribution in [0.25, 0.3) is 0 Å². The number of halogens is 1. The van der Waals surface area contributed by atoms with Crippen LogP contribution in [0.5, 0.6) is 5.75 Å². The monoisotopic (exact) mass is 301 g/mol. The summed E-state index contributed by atoms with van der Waals surface area (Å²) in [5.41, 5.74) is 5.94. The third-order valence-corrected chi connectivity index (χ3v) is 2.97. The molecule has 0 saturated carbocycles. The highest BCUT2D eigenvalue weighted by atomic mass is 35.5. The topological polar surface area (TPSA) is 78.6 Å². The number of esters is 2. The molecule has 1 rings (SSSR count). The average Bonchev–Trinajstić information content (AvgIpc) is 2.36. The van der Waals surface area contributed by atoms with E-state index in [9.17, 15) is 9.59 Å². The quantitative estimate of drug-likeness (QED) is 0.681. The Hall–Kier alpha value is -1.59. The van der Waals surface area contributed by atoms with Gasteiger partial charge in [-0.3, -0.25) is 9.59 Å². The molecule has 6 heteroatoms. The molecule has 1 aromatic carbocycles. The molecule has 0 aliphatic heterocycles. The number of nitrogens with two attached hydrogens (primary N) is 1. The smallest absolute Gasteiger partial charge is 0.313 e. The van der Waals surface area contributed by atoms with Crippen LogP contribution in [-0.2, 0) is 14.3 Å². The van der Waals surface area contributed by atoms with Crippen LogP contribution in [0.2, 0.25) is 0 Å². The molecule has 0 radical (unpaired) electrons. The minimum absolute atomic E-state index is 0. The largest absolute Gasteiger partial charge is 0.469 e. The highest BCUT2D eigenvalue weighted by molar-refractivity contribution is 5.85. The van der Waals surface area contributed by atoms with Gasteiger partial charge in [-0.15, -0.1) is 12.4 Å². The fraction of sp³-hybridized carbons (Fsp3) is 0.429. The van der Waals surface area contributed by atoms with Crippen LogP contribution in [0.3, 0.4) is 0 Å². The normalized spacial score (nSPS) is 12.1. The lowest BCUT2D eigenvalue weighted by molar-refractivity contribution is -0.152. The number of hydrogen-bond donors (Lipinski definition) is 1. The average molecular weight is 302 g/mol. The number of methoxy groups -OCH3 is 1. The number of carbonyl (C=O) groups is 2. The SMILES string of the molecule is COC(=O)C(C)(C)[C@@H](N)c1cccc(OC(C)=O)c1.Cl.